The molecule has 1 spiro atoms. The first-order valence-electron chi connectivity index (χ1n) is 19.2. The number of rotatable bonds is 11. The van der Waals surface area contributed by atoms with Gasteiger partial charge in [-0.2, -0.15) is 0 Å². The summed E-state index contributed by atoms with van der Waals surface area (Å²) in [6.45, 7) is 16.3. The van der Waals surface area contributed by atoms with Crippen LogP contribution >= 0.6 is 0 Å². The highest BCUT2D eigenvalue weighted by molar-refractivity contribution is 5.75. The smallest absolute Gasteiger partial charge is 0.00255 e. The molecule has 250 valence electrons. The van der Waals surface area contributed by atoms with Crippen molar-refractivity contribution in [3.8, 4) is 0 Å². The Morgan fingerprint density at radius 3 is 2.04 bits per heavy atom. The Hall–Kier alpha value is -3.38. The molecule has 0 radical (unpaired) electrons. The van der Waals surface area contributed by atoms with Gasteiger partial charge in [0.1, 0.15) is 0 Å². The molecule has 5 aliphatic rings. The van der Waals surface area contributed by atoms with Crippen molar-refractivity contribution >= 4 is 24.3 Å². The summed E-state index contributed by atoms with van der Waals surface area (Å²) in [5, 5.41) is 0. The topological polar surface area (TPSA) is 0 Å². The Morgan fingerprint density at radius 2 is 1.38 bits per heavy atom. The van der Waals surface area contributed by atoms with Crippen molar-refractivity contribution in [1.29, 1.82) is 0 Å². The van der Waals surface area contributed by atoms with Crippen LogP contribution in [0.4, 0.5) is 0 Å². The van der Waals surface area contributed by atoms with E-state index in [2.05, 4.69) is 114 Å². The van der Waals surface area contributed by atoms with Gasteiger partial charge in [-0.05, 0) is 170 Å². The van der Waals surface area contributed by atoms with E-state index in [1.165, 1.54) is 78.3 Å². The zero-order valence-electron chi connectivity index (χ0n) is 30.6. The van der Waals surface area contributed by atoms with Gasteiger partial charge in [-0.15, -0.1) is 0 Å². The minimum Gasteiger partial charge on any atom is -0.0955 e. The third kappa shape index (κ3) is 6.62. The van der Waals surface area contributed by atoms with E-state index in [-0.39, 0.29) is 0 Å². The first-order chi connectivity index (χ1) is 23.1. The maximum atomic E-state index is 4.24. The first-order valence-corrected chi connectivity index (χ1v) is 19.2. The molecule has 1 fully saturated rings. The van der Waals surface area contributed by atoms with Crippen LogP contribution in [0.15, 0.2) is 71.9 Å². The first kappa shape index (κ1) is 33.1. The second-order valence-corrected chi connectivity index (χ2v) is 16.8. The average molecular weight is 635 g/mol. The zero-order valence-corrected chi connectivity index (χ0v) is 30.6. The zero-order chi connectivity index (χ0) is 33.5. The van der Waals surface area contributed by atoms with E-state index in [9.17, 15) is 0 Å². The molecule has 7 rings (SSSR count). The minimum absolute atomic E-state index is 0.313. The van der Waals surface area contributed by atoms with Crippen LogP contribution in [-0.2, 0) is 38.5 Å². The lowest BCUT2D eigenvalue weighted by Crippen LogP contribution is -2.23. The summed E-state index contributed by atoms with van der Waals surface area (Å²) in [4.78, 5) is 0. The largest absolute Gasteiger partial charge is 0.0955 e. The molecule has 1 saturated carbocycles. The summed E-state index contributed by atoms with van der Waals surface area (Å²) >= 11 is 0. The molecule has 2 atom stereocenters. The van der Waals surface area contributed by atoms with E-state index in [0.717, 1.165) is 50.9 Å². The van der Waals surface area contributed by atoms with Crippen LogP contribution in [0.5, 0.6) is 0 Å². The van der Waals surface area contributed by atoms with Crippen molar-refractivity contribution < 1.29 is 0 Å². The average Bonchev–Trinajstić information content (AvgIpc) is 3.76. The highest BCUT2D eigenvalue weighted by atomic mass is 14.5. The third-order valence-corrected chi connectivity index (χ3v) is 12.5. The fourth-order valence-corrected chi connectivity index (χ4v) is 10.2. The molecule has 2 aromatic rings. The number of hydrogen-bond acceptors (Lipinski definition) is 0. The summed E-state index contributed by atoms with van der Waals surface area (Å²) < 4.78 is 0. The van der Waals surface area contributed by atoms with Crippen molar-refractivity contribution in [2.45, 2.75) is 125 Å². The van der Waals surface area contributed by atoms with Crippen LogP contribution < -0.4 is 0 Å². The molecule has 0 nitrogen and oxygen atoms in total. The molecule has 2 unspecified atom stereocenters. The fourth-order valence-electron chi connectivity index (χ4n) is 10.2. The van der Waals surface area contributed by atoms with Gasteiger partial charge in [-0.3, -0.25) is 0 Å². The van der Waals surface area contributed by atoms with Crippen LogP contribution in [0.3, 0.4) is 0 Å². The van der Waals surface area contributed by atoms with Crippen LogP contribution in [0, 0.1) is 16.7 Å². The van der Waals surface area contributed by atoms with Crippen molar-refractivity contribution in [1.82, 2.24) is 0 Å². The van der Waals surface area contributed by atoms with Crippen LogP contribution in [-0.4, -0.2) is 0 Å². The van der Waals surface area contributed by atoms with Gasteiger partial charge in [0.2, 0.25) is 0 Å². The number of benzene rings is 2. The predicted octanol–water partition coefficient (Wildman–Crippen LogP) is 13.0. The minimum atomic E-state index is 0.313. The molecule has 48 heavy (non-hydrogen) atoms. The van der Waals surface area contributed by atoms with Gasteiger partial charge < -0.3 is 0 Å². The molecule has 0 heteroatoms. The lowest BCUT2D eigenvalue weighted by Gasteiger charge is -2.33. The molecule has 0 amide bonds. The molecular weight excluding hydrogens is 577 g/mol. The molecule has 5 aliphatic carbocycles. The fraction of sp³-hybridized carbons (Fsp3) is 0.458. The number of hydrogen-bond donors (Lipinski definition) is 0. The van der Waals surface area contributed by atoms with Gasteiger partial charge in [-0.25, -0.2) is 0 Å². The molecule has 0 aromatic heterocycles. The van der Waals surface area contributed by atoms with Gasteiger partial charge in [0.15, 0.2) is 0 Å². The van der Waals surface area contributed by atoms with Crippen molar-refractivity contribution in [3.63, 3.8) is 0 Å². The van der Waals surface area contributed by atoms with Crippen LogP contribution in [0.2, 0.25) is 0 Å². The van der Waals surface area contributed by atoms with E-state index >= 15 is 0 Å². The molecule has 0 bridgehead atoms. The number of fused-ring (bicyclic) bond motifs is 4. The number of allylic oxidation sites excluding steroid dienone is 9. The second-order valence-electron chi connectivity index (χ2n) is 16.8. The van der Waals surface area contributed by atoms with Gasteiger partial charge in [0.25, 0.3) is 0 Å². The Morgan fingerprint density at radius 1 is 0.771 bits per heavy atom. The predicted molar refractivity (Wildman–Crippen MR) is 210 cm³/mol. The Bertz CT molecular complexity index is 1790. The van der Waals surface area contributed by atoms with Gasteiger partial charge >= 0.3 is 0 Å². The monoisotopic (exact) mass is 634 g/mol. The second kappa shape index (κ2) is 13.5. The van der Waals surface area contributed by atoms with E-state index in [4.69, 9.17) is 0 Å². The van der Waals surface area contributed by atoms with E-state index < -0.39 is 0 Å². The van der Waals surface area contributed by atoms with Gasteiger partial charge in [0.05, 0.1) is 0 Å². The quantitative estimate of drug-likeness (QED) is 0.216. The van der Waals surface area contributed by atoms with E-state index in [1.807, 2.05) is 0 Å². The summed E-state index contributed by atoms with van der Waals surface area (Å²) in [6.07, 6.45) is 41.0. The molecule has 0 N–H and O–H groups in total. The lowest BCUT2D eigenvalue weighted by atomic mass is 9.71. The summed E-state index contributed by atoms with van der Waals surface area (Å²) in [7, 11) is 0. The van der Waals surface area contributed by atoms with Crippen molar-refractivity contribution in [2.24, 2.45) is 16.7 Å². The molecule has 0 saturated heterocycles. The normalized spacial score (nSPS) is 23.3. The summed E-state index contributed by atoms with van der Waals surface area (Å²) in [6, 6.07) is 5.03. The molecular formula is C48H58. The SMILES string of the molecule is C=C1C=Cc2c(cc3c(c2CC/C=C(\C)CCC2CC4(C=Cc5c(cc6c(c5CC/C=C(\C)CCC)C=CC6)C4)CC2(C)C)C=CC3)C1. The van der Waals surface area contributed by atoms with E-state index in [1.54, 1.807) is 39.0 Å². The molecule has 0 aliphatic heterocycles. The summed E-state index contributed by atoms with van der Waals surface area (Å²) in [5.41, 5.74) is 20.4. The van der Waals surface area contributed by atoms with Gasteiger partial charge in [-0.1, -0.05) is 123 Å². The maximum Gasteiger partial charge on any atom is -0.00255 e. The van der Waals surface area contributed by atoms with Crippen molar-refractivity contribution in [3.05, 3.63) is 128 Å². The standard InChI is InChI=1S/C48H58/c1-7-12-33(2)13-8-20-46-42-18-11-16-37(42)29-39-30-48(26-25-44(39)46)31-40(47(5,6)32-48)23-21-34(3)14-9-19-45-41-17-10-15-36(41)28-38-27-35(4)22-24-43(38)45/h10-11,13-14,17-18,22,24-26,28-29,40H,4,7-9,12,15-16,19-21,23,27,30-32H2,1-3,5-6H3/b33-13+,34-14+. The van der Waals surface area contributed by atoms with E-state index in [0.29, 0.717) is 10.8 Å². The molecule has 2 aromatic carbocycles. The Labute approximate surface area is 292 Å². The summed E-state index contributed by atoms with van der Waals surface area (Å²) in [5.74, 6) is 0.766. The van der Waals surface area contributed by atoms with Crippen LogP contribution in [0.25, 0.3) is 24.3 Å². The Kier molecular flexibility index (Phi) is 9.32. The highest BCUT2D eigenvalue weighted by Gasteiger charge is 2.49. The molecule has 0 heterocycles. The van der Waals surface area contributed by atoms with Gasteiger partial charge in [0, 0.05) is 0 Å². The van der Waals surface area contributed by atoms with Crippen LogP contribution in [0.1, 0.15) is 142 Å². The highest BCUT2D eigenvalue weighted by Crippen LogP contribution is 2.58. The maximum absolute atomic E-state index is 4.24. The lowest BCUT2D eigenvalue weighted by molar-refractivity contribution is 0.242. The van der Waals surface area contributed by atoms with Crippen molar-refractivity contribution in [2.75, 3.05) is 0 Å². The Balaban J connectivity index is 1.01. The third-order valence-electron chi connectivity index (χ3n) is 12.5.